The van der Waals surface area contributed by atoms with Gasteiger partial charge in [-0.3, -0.25) is 0 Å². The fraction of sp³-hybridized carbons (Fsp3) is 1.00. The number of halogens is 2. The van der Waals surface area contributed by atoms with Gasteiger partial charge in [-0.1, -0.05) is 0 Å². The molecule has 0 bridgehead atoms. The summed E-state index contributed by atoms with van der Waals surface area (Å²) < 4.78 is 16.7. The Morgan fingerprint density at radius 3 is 2.75 bits per heavy atom. The lowest BCUT2D eigenvalue weighted by atomic mass is 10.2. The summed E-state index contributed by atoms with van der Waals surface area (Å²) in [6.45, 7) is 0.468. The van der Waals surface area contributed by atoms with E-state index in [0.29, 0.717) is 13.0 Å². The molecule has 8 heavy (non-hydrogen) atoms. The highest BCUT2D eigenvalue weighted by molar-refractivity contribution is 6.20. The lowest BCUT2D eigenvalue weighted by Gasteiger charge is -2.19. The summed E-state index contributed by atoms with van der Waals surface area (Å²) in [5.41, 5.74) is 0. The summed E-state index contributed by atoms with van der Waals surface area (Å²) >= 11 is 5.59. The Kier molecular flexibility index (Phi) is 2.08. The summed E-state index contributed by atoms with van der Waals surface area (Å²) in [6, 6.07) is 0. The van der Waals surface area contributed by atoms with E-state index in [-0.39, 0.29) is 5.38 Å². The predicted molar refractivity (Wildman–Crippen MR) is 29.7 cm³/mol. The molecule has 1 rings (SSSR count). The van der Waals surface area contributed by atoms with Gasteiger partial charge in [-0.25, -0.2) is 4.39 Å². The maximum absolute atomic E-state index is 12.1. The van der Waals surface area contributed by atoms with Crippen LogP contribution in [0, 0.1) is 0 Å². The molecule has 2 unspecified atom stereocenters. The van der Waals surface area contributed by atoms with Crippen molar-refractivity contribution in [3.8, 4) is 0 Å². The number of rotatable bonds is 0. The van der Waals surface area contributed by atoms with Crippen molar-refractivity contribution in [1.29, 1.82) is 0 Å². The zero-order chi connectivity index (χ0) is 5.98. The molecule has 0 N–H and O–H groups in total. The van der Waals surface area contributed by atoms with Crippen LogP contribution in [0.15, 0.2) is 0 Å². The second kappa shape index (κ2) is 2.65. The van der Waals surface area contributed by atoms with Gasteiger partial charge in [-0.05, 0) is 6.42 Å². The normalized spacial score (nSPS) is 39.8. The van der Waals surface area contributed by atoms with E-state index in [4.69, 9.17) is 11.6 Å². The van der Waals surface area contributed by atoms with E-state index in [0.717, 1.165) is 6.42 Å². The third-order valence-corrected chi connectivity index (χ3v) is 1.57. The summed E-state index contributed by atoms with van der Waals surface area (Å²) in [4.78, 5) is 0. The molecule has 1 nitrogen and oxygen atoms in total. The predicted octanol–water partition coefficient (Wildman–Crippen LogP) is 1.70. The van der Waals surface area contributed by atoms with E-state index in [1.165, 1.54) is 0 Å². The first kappa shape index (κ1) is 6.30. The highest BCUT2D eigenvalue weighted by atomic mass is 35.5. The van der Waals surface area contributed by atoms with Gasteiger partial charge in [0.05, 0.1) is 6.61 Å². The van der Waals surface area contributed by atoms with Gasteiger partial charge in [0.1, 0.15) is 0 Å². The number of hydrogen-bond acceptors (Lipinski definition) is 1. The van der Waals surface area contributed by atoms with Crippen molar-refractivity contribution in [3.05, 3.63) is 0 Å². The monoisotopic (exact) mass is 138 g/mol. The van der Waals surface area contributed by atoms with Crippen LogP contribution in [-0.4, -0.2) is 18.3 Å². The topological polar surface area (TPSA) is 9.23 Å². The highest BCUT2D eigenvalue weighted by Crippen LogP contribution is 2.18. The Bertz CT molecular complexity index is 70.8. The van der Waals surface area contributed by atoms with Gasteiger partial charge in [-0.15, -0.1) is 11.6 Å². The molecule has 2 atom stereocenters. The van der Waals surface area contributed by atoms with E-state index in [9.17, 15) is 4.39 Å². The van der Waals surface area contributed by atoms with Crippen molar-refractivity contribution in [2.24, 2.45) is 0 Å². The smallest absolute Gasteiger partial charge is 0.200 e. The molecule has 0 aromatic heterocycles. The molecule has 1 heterocycles. The molecule has 1 aliphatic rings. The van der Waals surface area contributed by atoms with Crippen molar-refractivity contribution in [2.45, 2.75) is 24.6 Å². The molecule has 0 aliphatic carbocycles. The number of ether oxygens (including phenoxy) is 1. The second-order valence-electron chi connectivity index (χ2n) is 1.90. The van der Waals surface area contributed by atoms with Gasteiger partial charge < -0.3 is 4.74 Å². The lowest BCUT2D eigenvalue weighted by Crippen LogP contribution is -2.21. The van der Waals surface area contributed by atoms with E-state index in [1.54, 1.807) is 0 Å². The maximum atomic E-state index is 12.1. The van der Waals surface area contributed by atoms with Crippen molar-refractivity contribution in [1.82, 2.24) is 0 Å². The standard InChI is InChI=1S/C5H8ClFO/c6-4-1-2-8-5(7)3-4/h4-5H,1-3H2. The van der Waals surface area contributed by atoms with Crippen molar-refractivity contribution in [3.63, 3.8) is 0 Å². The van der Waals surface area contributed by atoms with Crippen LogP contribution >= 0.6 is 11.6 Å². The molecule has 0 radical (unpaired) electrons. The van der Waals surface area contributed by atoms with Gasteiger partial charge in [0.2, 0.25) is 0 Å². The number of alkyl halides is 2. The Balaban J connectivity index is 2.23. The molecule has 0 amide bonds. The van der Waals surface area contributed by atoms with Gasteiger partial charge in [0, 0.05) is 11.8 Å². The van der Waals surface area contributed by atoms with Gasteiger partial charge >= 0.3 is 0 Å². The minimum atomic E-state index is -1.12. The summed E-state index contributed by atoms with van der Waals surface area (Å²) in [6.07, 6.45) is 0.00929. The van der Waals surface area contributed by atoms with Crippen LogP contribution in [0.4, 0.5) is 4.39 Å². The quantitative estimate of drug-likeness (QED) is 0.463. The van der Waals surface area contributed by atoms with Crippen molar-refractivity contribution in [2.75, 3.05) is 6.61 Å². The first-order valence-electron chi connectivity index (χ1n) is 2.69. The fourth-order valence-corrected chi connectivity index (χ4v) is 0.940. The third-order valence-electron chi connectivity index (χ3n) is 1.17. The molecule has 0 saturated carbocycles. The summed E-state index contributed by atoms with van der Waals surface area (Å²) in [5, 5.41) is -0.0150. The fourth-order valence-electron chi connectivity index (χ4n) is 0.711. The number of hydrogen-bond donors (Lipinski definition) is 0. The first-order chi connectivity index (χ1) is 3.79. The molecular formula is C5H8ClFO. The Labute approximate surface area is 52.8 Å². The first-order valence-corrected chi connectivity index (χ1v) is 3.12. The Hall–Kier alpha value is 0.180. The zero-order valence-corrected chi connectivity index (χ0v) is 5.20. The third kappa shape index (κ3) is 1.60. The highest BCUT2D eigenvalue weighted by Gasteiger charge is 2.19. The van der Waals surface area contributed by atoms with Crippen LogP contribution in [0.25, 0.3) is 0 Å². The van der Waals surface area contributed by atoms with Crippen molar-refractivity contribution < 1.29 is 9.13 Å². The summed E-state index contributed by atoms with van der Waals surface area (Å²) in [5.74, 6) is 0. The molecule has 0 aromatic rings. The molecule has 0 aromatic carbocycles. The van der Waals surface area contributed by atoms with Crippen molar-refractivity contribution >= 4 is 11.6 Å². The second-order valence-corrected chi connectivity index (χ2v) is 2.52. The molecule has 0 spiro atoms. The molecule has 1 saturated heterocycles. The van der Waals surface area contributed by atoms with E-state index in [2.05, 4.69) is 4.74 Å². The Morgan fingerprint density at radius 1 is 1.62 bits per heavy atom. The summed E-state index contributed by atoms with van der Waals surface area (Å²) in [7, 11) is 0. The van der Waals surface area contributed by atoms with Gasteiger partial charge in [0.15, 0.2) is 6.36 Å². The minimum Gasteiger partial charge on any atom is -0.348 e. The SMILES string of the molecule is FC1CC(Cl)CCO1. The lowest BCUT2D eigenvalue weighted by molar-refractivity contribution is -0.0661. The largest absolute Gasteiger partial charge is 0.348 e. The van der Waals surface area contributed by atoms with Crippen LogP contribution in [0.1, 0.15) is 12.8 Å². The average molecular weight is 139 g/mol. The zero-order valence-electron chi connectivity index (χ0n) is 4.44. The molecular weight excluding hydrogens is 131 g/mol. The van der Waals surface area contributed by atoms with Crippen LogP contribution in [0.3, 0.4) is 0 Å². The molecule has 1 fully saturated rings. The van der Waals surface area contributed by atoms with E-state index >= 15 is 0 Å². The maximum Gasteiger partial charge on any atom is 0.200 e. The van der Waals surface area contributed by atoms with Crippen LogP contribution in [0.5, 0.6) is 0 Å². The van der Waals surface area contributed by atoms with Crippen LogP contribution in [0.2, 0.25) is 0 Å². The van der Waals surface area contributed by atoms with E-state index in [1.807, 2.05) is 0 Å². The molecule has 1 aliphatic heterocycles. The van der Waals surface area contributed by atoms with Gasteiger partial charge in [0.25, 0.3) is 0 Å². The minimum absolute atomic E-state index is 0.0150. The molecule has 3 heteroatoms. The van der Waals surface area contributed by atoms with E-state index < -0.39 is 6.36 Å². The van der Waals surface area contributed by atoms with Crippen LogP contribution < -0.4 is 0 Å². The molecule has 48 valence electrons. The van der Waals surface area contributed by atoms with Gasteiger partial charge in [-0.2, -0.15) is 0 Å². The average Bonchev–Trinajstić information content (AvgIpc) is 1.64. The Morgan fingerprint density at radius 2 is 2.38 bits per heavy atom. The van der Waals surface area contributed by atoms with Crippen LogP contribution in [-0.2, 0) is 4.74 Å².